The van der Waals surface area contributed by atoms with Crippen LogP contribution < -0.4 is 0 Å². The van der Waals surface area contributed by atoms with Crippen molar-refractivity contribution in [3.05, 3.63) is 52.8 Å². The molecule has 21 heavy (non-hydrogen) atoms. The molecule has 0 fully saturated rings. The molecule has 1 aromatic carbocycles. The Bertz CT molecular complexity index is 895. The molecule has 0 radical (unpaired) electrons. The third-order valence-corrected chi connectivity index (χ3v) is 4.22. The minimum atomic E-state index is 0.614. The van der Waals surface area contributed by atoms with E-state index in [0.717, 1.165) is 15.5 Å². The highest BCUT2D eigenvalue weighted by Crippen LogP contribution is 2.27. The molecule has 8 heteroatoms. The zero-order valence-corrected chi connectivity index (χ0v) is 12.3. The molecule has 0 aliphatic carbocycles. The first-order chi connectivity index (χ1) is 10.3. The average molecular weight is 317 g/mol. The molecule has 0 saturated carbocycles. The predicted octanol–water partition coefficient (Wildman–Crippen LogP) is 2.75. The van der Waals surface area contributed by atoms with Gasteiger partial charge in [-0.1, -0.05) is 35.1 Å². The molecule has 0 aliphatic heterocycles. The van der Waals surface area contributed by atoms with Crippen molar-refractivity contribution in [2.45, 2.75) is 6.54 Å². The van der Waals surface area contributed by atoms with Crippen LogP contribution in [0.3, 0.4) is 0 Å². The lowest BCUT2D eigenvalue weighted by atomic mass is 10.2. The summed E-state index contributed by atoms with van der Waals surface area (Å²) in [6.45, 7) is 0.614. The number of fused-ring (bicyclic) bond motifs is 1. The first-order valence-corrected chi connectivity index (χ1v) is 7.44. The lowest BCUT2D eigenvalue weighted by molar-refractivity contribution is 0.673. The molecule has 0 saturated heterocycles. The van der Waals surface area contributed by atoms with E-state index in [2.05, 4.69) is 20.4 Å². The van der Waals surface area contributed by atoms with E-state index >= 15 is 0 Å². The Labute approximate surface area is 128 Å². The van der Waals surface area contributed by atoms with E-state index in [1.165, 1.54) is 11.3 Å². The highest BCUT2D eigenvalue weighted by atomic mass is 35.5. The molecule has 0 aliphatic rings. The summed E-state index contributed by atoms with van der Waals surface area (Å²) in [7, 11) is 0. The van der Waals surface area contributed by atoms with Gasteiger partial charge in [0.05, 0.1) is 11.6 Å². The quantitative estimate of drug-likeness (QED) is 0.583. The Kier molecular flexibility index (Phi) is 2.94. The van der Waals surface area contributed by atoms with Crippen molar-refractivity contribution >= 4 is 27.9 Å². The van der Waals surface area contributed by atoms with Crippen LogP contribution in [0.15, 0.2) is 42.7 Å². The summed E-state index contributed by atoms with van der Waals surface area (Å²) in [6, 6.07) is 9.42. The van der Waals surface area contributed by atoms with Gasteiger partial charge in [0, 0.05) is 18.0 Å². The first kappa shape index (κ1) is 12.5. The standard InChI is InChI=1S/C13H9ClN6S/c14-10-5-2-1-4-9(10)12-16-17-13-20(12)18-11(21-13)8-19-7-3-6-15-19/h1-7H,8H2. The van der Waals surface area contributed by atoms with E-state index in [4.69, 9.17) is 11.6 Å². The van der Waals surface area contributed by atoms with Gasteiger partial charge < -0.3 is 0 Å². The van der Waals surface area contributed by atoms with Gasteiger partial charge in [-0.05, 0) is 18.2 Å². The van der Waals surface area contributed by atoms with Crippen molar-refractivity contribution in [1.82, 2.24) is 29.6 Å². The summed E-state index contributed by atoms with van der Waals surface area (Å²) >= 11 is 7.71. The fourth-order valence-corrected chi connectivity index (χ4v) is 3.11. The van der Waals surface area contributed by atoms with Crippen LogP contribution in [-0.2, 0) is 6.54 Å². The molecule has 3 heterocycles. The summed E-state index contributed by atoms with van der Waals surface area (Å²) < 4.78 is 3.55. The van der Waals surface area contributed by atoms with Crippen LogP contribution in [0.5, 0.6) is 0 Å². The summed E-state index contributed by atoms with van der Waals surface area (Å²) in [5.74, 6) is 0.651. The van der Waals surface area contributed by atoms with Crippen LogP contribution in [0.1, 0.15) is 5.01 Å². The Hall–Kier alpha value is -2.25. The van der Waals surface area contributed by atoms with Crippen molar-refractivity contribution in [2.75, 3.05) is 0 Å². The molecule has 0 atom stereocenters. The van der Waals surface area contributed by atoms with Crippen LogP contribution in [0.2, 0.25) is 5.02 Å². The van der Waals surface area contributed by atoms with Gasteiger partial charge in [0.2, 0.25) is 4.96 Å². The third-order valence-electron chi connectivity index (χ3n) is 3.00. The minimum absolute atomic E-state index is 0.614. The molecule has 4 aromatic rings. The second-order valence-corrected chi connectivity index (χ2v) is 5.84. The molecule has 6 nitrogen and oxygen atoms in total. The average Bonchev–Trinajstić information content (AvgIpc) is 3.17. The van der Waals surface area contributed by atoms with E-state index in [-0.39, 0.29) is 0 Å². The predicted molar refractivity (Wildman–Crippen MR) is 80.4 cm³/mol. The Morgan fingerprint density at radius 1 is 1.14 bits per heavy atom. The van der Waals surface area contributed by atoms with Crippen LogP contribution in [0.25, 0.3) is 16.3 Å². The smallest absolute Gasteiger partial charge is 0.235 e. The van der Waals surface area contributed by atoms with Crippen molar-refractivity contribution in [3.8, 4) is 11.4 Å². The highest BCUT2D eigenvalue weighted by molar-refractivity contribution is 7.16. The first-order valence-electron chi connectivity index (χ1n) is 6.25. The van der Waals surface area contributed by atoms with Gasteiger partial charge in [-0.15, -0.1) is 10.2 Å². The lowest BCUT2D eigenvalue weighted by Gasteiger charge is -1.99. The molecule has 104 valence electrons. The van der Waals surface area contributed by atoms with E-state index in [0.29, 0.717) is 17.4 Å². The fraction of sp³-hybridized carbons (Fsp3) is 0.0769. The van der Waals surface area contributed by atoms with Crippen LogP contribution in [0.4, 0.5) is 0 Å². The normalized spacial score (nSPS) is 11.3. The van der Waals surface area contributed by atoms with Crippen molar-refractivity contribution in [1.29, 1.82) is 0 Å². The molecule has 0 amide bonds. The van der Waals surface area contributed by atoms with E-state index < -0.39 is 0 Å². The summed E-state index contributed by atoms with van der Waals surface area (Å²) in [5.41, 5.74) is 0.822. The topological polar surface area (TPSA) is 60.9 Å². The van der Waals surface area contributed by atoms with E-state index in [1.807, 2.05) is 41.2 Å². The van der Waals surface area contributed by atoms with Gasteiger partial charge in [-0.3, -0.25) is 4.68 Å². The van der Waals surface area contributed by atoms with Crippen molar-refractivity contribution in [2.24, 2.45) is 0 Å². The summed E-state index contributed by atoms with van der Waals surface area (Å²) in [5, 5.41) is 18.6. The SMILES string of the molecule is Clc1ccccc1-c1nnc2sc(Cn3cccn3)nn12. The second kappa shape index (κ2) is 4.94. The number of hydrogen-bond donors (Lipinski definition) is 0. The molecule has 0 bridgehead atoms. The van der Waals surface area contributed by atoms with Crippen molar-refractivity contribution in [3.63, 3.8) is 0 Å². The van der Waals surface area contributed by atoms with Gasteiger partial charge in [0.15, 0.2) is 5.82 Å². The second-order valence-electron chi connectivity index (χ2n) is 4.40. The molecule has 4 rings (SSSR count). The third kappa shape index (κ3) is 2.20. The lowest BCUT2D eigenvalue weighted by Crippen LogP contribution is -2.00. The van der Waals surface area contributed by atoms with Gasteiger partial charge in [0.25, 0.3) is 0 Å². The molecule has 0 spiro atoms. The zero-order chi connectivity index (χ0) is 14.2. The fourth-order valence-electron chi connectivity index (χ4n) is 2.06. The summed E-state index contributed by atoms with van der Waals surface area (Å²) in [4.78, 5) is 0.743. The maximum Gasteiger partial charge on any atom is 0.235 e. The summed E-state index contributed by atoms with van der Waals surface area (Å²) in [6.07, 6.45) is 3.65. The van der Waals surface area contributed by atoms with Gasteiger partial charge in [-0.2, -0.15) is 14.7 Å². The minimum Gasteiger partial charge on any atom is -0.266 e. The van der Waals surface area contributed by atoms with Crippen LogP contribution in [0, 0.1) is 0 Å². The van der Waals surface area contributed by atoms with E-state index in [9.17, 15) is 0 Å². The maximum absolute atomic E-state index is 6.22. The Morgan fingerprint density at radius 2 is 2.05 bits per heavy atom. The van der Waals surface area contributed by atoms with Gasteiger partial charge in [0.1, 0.15) is 5.01 Å². The van der Waals surface area contributed by atoms with Crippen molar-refractivity contribution < 1.29 is 0 Å². The number of nitrogens with zero attached hydrogens (tertiary/aromatic N) is 6. The zero-order valence-electron chi connectivity index (χ0n) is 10.7. The molecule has 0 N–H and O–H groups in total. The maximum atomic E-state index is 6.22. The van der Waals surface area contributed by atoms with Gasteiger partial charge in [-0.25, -0.2) is 0 Å². The molecular weight excluding hydrogens is 308 g/mol. The van der Waals surface area contributed by atoms with Gasteiger partial charge >= 0.3 is 0 Å². The number of benzene rings is 1. The molecule has 3 aromatic heterocycles. The highest BCUT2D eigenvalue weighted by Gasteiger charge is 2.15. The van der Waals surface area contributed by atoms with E-state index in [1.54, 1.807) is 10.7 Å². The number of rotatable bonds is 3. The Balaban J connectivity index is 1.78. The molecule has 0 unspecified atom stereocenters. The molecular formula is C13H9ClN6S. The number of hydrogen-bond acceptors (Lipinski definition) is 5. The largest absolute Gasteiger partial charge is 0.266 e. The number of aromatic nitrogens is 6. The Morgan fingerprint density at radius 3 is 2.86 bits per heavy atom. The van der Waals surface area contributed by atoms with Crippen LogP contribution in [-0.4, -0.2) is 29.6 Å². The monoisotopic (exact) mass is 316 g/mol. The number of halogens is 1. The van der Waals surface area contributed by atoms with Crippen LogP contribution >= 0.6 is 22.9 Å².